The Balaban J connectivity index is 2.21. The van der Waals surface area contributed by atoms with E-state index >= 15 is 0 Å². The van der Waals surface area contributed by atoms with Crippen LogP contribution in [0.1, 0.15) is 18.6 Å². The second kappa shape index (κ2) is 2.92. The van der Waals surface area contributed by atoms with Gasteiger partial charge in [0.15, 0.2) is 5.78 Å². The number of carbonyl (C=O) groups is 1. The molecule has 0 radical (unpaired) electrons. The lowest BCUT2D eigenvalue weighted by Gasteiger charge is -1.96. The zero-order chi connectivity index (χ0) is 9.42. The van der Waals surface area contributed by atoms with E-state index in [4.69, 9.17) is 4.74 Å². The van der Waals surface area contributed by atoms with Gasteiger partial charge >= 0.3 is 0 Å². The molecule has 0 spiro atoms. The molecule has 1 aliphatic heterocycles. The molecule has 0 unspecified atom stereocenters. The number of benzene rings is 1. The van der Waals surface area contributed by atoms with Crippen LogP contribution in [0.4, 0.5) is 4.39 Å². The van der Waals surface area contributed by atoms with Crippen molar-refractivity contribution in [2.75, 3.05) is 0 Å². The molecule has 1 aromatic rings. The monoisotopic (exact) mass is 180 g/mol. The summed E-state index contributed by atoms with van der Waals surface area (Å²) >= 11 is 0. The van der Waals surface area contributed by atoms with Crippen molar-refractivity contribution in [2.24, 2.45) is 0 Å². The van der Waals surface area contributed by atoms with Crippen molar-refractivity contribution in [1.29, 1.82) is 0 Å². The lowest BCUT2D eigenvalue weighted by atomic mass is 10.1. The normalized spacial score (nSPS) is 25.7. The first-order valence-electron chi connectivity index (χ1n) is 4.10. The highest BCUT2D eigenvalue weighted by atomic mass is 19.1. The summed E-state index contributed by atoms with van der Waals surface area (Å²) in [6.45, 7) is 1.45. The third kappa shape index (κ3) is 1.47. The summed E-state index contributed by atoms with van der Waals surface area (Å²) in [7, 11) is 0. The van der Waals surface area contributed by atoms with Crippen LogP contribution < -0.4 is 0 Å². The van der Waals surface area contributed by atoms with Gasteiger partial charge in [-0.2, -0.15) is 0 Å². The lowest BCUT2D eigenvalue weighted by Crippen LogP contribution is -2.01. The van der Waals surface area contributed by atoms with Gasteiger partial charge in [-0.3, -0.25) is 4.79 Å². The first-order chi connectivity index (χ1) is 6.20. The van der Waals surface area contributed by atoms with Gasteiger partial charge in [0, 0.05) is 5.56 Å². The van der Waals surface area contributed by atoms with Gasteiger partial charge in [0.25, 0.3) is 0 Å². The minimum absolute atomic E-state index is 0.0479. The Morgan fingerprint density at radius 1 is 1.46 bits per heavy atom. The van der Waals surface area contributed by atoms with E-state index in [1.807, 2.05) is 0 Å². The Labute approximate surface area is 75.3 Å². The molecule has 1 heterocycles. The zero-order valence-electron chi connectivity index (χ0n) is 7.16. The third-order valence-corrected chi connectivity index (χ3v) is 2.10. The first-order valence-corrected chi connectivity index (χ1v) is 4.10. The summed E-state index contributed by atoms with van der Waals surface area (Å²) in [6, 6.07) is 6.36. The maximum Gasteiger partial charge on any atom is 0.161 e. The van der Waals surface area contributed by atoms with Gasteiger partial charge in [-0.15, -0.1) is 0 Å². The number of carbonyl (C=O) groups excluding carboxylic acids is 1. The van der Waals surface area contributed by atoms with Crippen LogP contribution in [0.3, 0.4) is 0 Å². The van der Waals surface area contributed by atoms with E-state index in [-0.39, 0.29) is 17.7 Å². The van der Waals surface area contributed by atoms with E-state index in [0.717, 1.165) is 0 Å². The number of Topliss-reactive ketones (excluding diaryl/α,β-unsaturated/α-hetero) is 1. The Bertz CT molecular complexity index is 349. The molecule has 0 N–H and O–H groups in total. The molecule has 0 amide bonds. The van der Waals surface area contributed by atoms with E-state index in [2.05, 4.69) is 0 Å². The number of ether oxygens (including phenoxy) is 1. The molecule has 0 aromatic heterocycles. The molecular formula is C10H9FO2. The van der Waals surface area contributed by atoms with Crippen molar-refractivity contribution in [3.63, 3.8) is 0 Å². The van der Waals surface area contributed by atoms with Gasteiger partial charge in [-0.25, -0.2) is 4.39 Å². The van der Waals surface area contributed by atoms with E-state index in [9.17, 15) is 9.18 Å². The van der Waals surface area contributed by atoms with E-state index in [0.29, 0.717) is 5.56 Å². The lowest BCUT2D eigenvalue weighted by molar-refractivity contribution is -0.118. The molecule has 3 heteroatoms. The molecular weight excluding hydrogens is 171 g/mol. The summed E-state index contributed by atoms with van der Waals surface area (Å²) in [5.74, 6) is -0.357. The number of rotatable bonds is 2. The van der Waals surface area contributed by atoms with Crippen molar-refractivity contribution in [2.45, 2.75) is 19.1 Å². The molecule has 1 fully saturated rings. The Morgan fingerprint density at radius 3 is 2.69 bits per heavy atom. The van der Waals surface area contributed by atoms with Crippen LogP contribution in [-0.4, -0.2) is 11.9 Å². The number of hydrogen-bond donors (Lipinski definition) is 0. The average Bonchev–Trinajstić information content (AvgIpc) is 2.84. The number of epoxide rings is 1. The molecule has 2 atom stereocenters. The zero-order valence-corrected chi connectivity index (χ0v) is 7.16. The second-order valence-corrected chi connectivity index (χ2v) is 3.11. The molecule has 68 valence electrons. The topological polar surface area (TPSA) is 29.6 Å². The summed E-state index contributed by atoms with van der Waals surface area (Å²) in [5, 5.41) is 0. The predicted molar refractivity (Wildman–Crippen MR) is 44.7 cm³/mol. The fourth-order valence-electron chi connectivity index (χ4n) is 1.36. The van der Waals surface area contributed by atoms with Crippen LogP contribution in [-0.2, 0) is 9.53 Å². The Hall–Kier alpha value is -1.22. The molecule has 2 rings (SSSR count). The van der Waals surface area contributed by atoms with Gasteiger partial charge < -0.3 is 4.74 Å². The second-order valence-electron chi connectivity index (χ2n) is 3.11. The SMILES string of the molecule is CC(=O)[C@@H]1O[C@H]1c1ccccc1F. The van der Waals surface area contributed by atoms with Crippen LogP contribution in [0.25, 0.3) is 0 Å². The van der Waals surface area contributed by atoms with Crippen molar-refractivity contribution in [3.8, 4) is 0 Å². The van der Waals surface area contributed by atoms with Gasteiger partial charge in [-0.05, 0) is 13.0 Å². The van der Waals surface area contributed by atoms with Gasteiger partial charge in [0.1, 0.15) is 18.0 Å². The van der Waals surface area contributed by atoms with E-state index < -0.39 is 6.10 Å². The first kappa shape index (κ1) is 8.38. The minimum Gasteiger partial charge on any atom is -0.356 e. The van der Waals surface area contributed by atoms with Crippen molar-refractivity contribution >= 4 is 5.78 Å². The highest BCUT2D eigenvalue weighted by Gasteiger charge is 2.44. The molecule has 13 heavy (non-hydrogen) atoms. The molecule has 1 aliphatic rings. The van der Waals surface area contributed by atoms with Crippen LogP contribution in [0.5, 0.6) is 0 Å². The van der Waals surface area contributed by atoms with Crippen LogP contribution in [0, 0.1) is 5.82 Å². The summed E-state index contributed by atoms with van der Waals surface area (Å²) in [4.78, 5) is 10.9. The largest absolute Gasteiger partial charge is 0.356 e. The highest BCUT2D eigenvalue weighted by molar-refractivity contribution is 5.83. The van der Waals surface area contributed by atoms with Crippen LogP contribution in [0.15, 0.2) is 24.3 Å². The van der Waals surface area contributed by atoms with Gasteiger partial charge in [0.05, 0.1) is 0 Å². The average molecular weight is 180 g/mol. The summed E-state index contributed by atoms with van der Waals surface area (Å²) in [6.07, 6.45) is -0.796. The fourth-order valence-corrected chi connectivity index (χ4v) is 1.36. The number of ketones is 1. The van der Waals surface area contributed by atoms with Gasteiger partial charge in [-0.1, -0.05) is 18.2 Å². The van der Waals surface area contributed by atoms with Crippen molar-refractivity contribution in [3.05, 3.63) is 35.6 Å². The van der Waals surface area contributed by atoms with E-state index in [1.165, 1.54) is 13.0 Å². The standard InChI is InChI=1S/C10H9FO2/c1-6(12)9-10(13-9)7-4-2-3-5-8(7)11/h2-5,9-10H,1H3/t9-,10-/m0/s1. The maximum absolute atomic E-state index is 13.1. The smallest absolute Gasteiger partial charge is 0.161 e. The van der Waals surface area contributed by atoms with Gasteiger partial charge in [0.2, 0.25) is 0 Å². The number of halogens is 1. The summed E-state index contributed by atoms with van der Waals surface area (Å²) in [5.41, 5.74) is 0.475. The molecule has 2 nitrogen and oxygen atoms in total. The fraction of sp³-hybridized carbons (Fsp3) is 0.300. The Kier molecular flexibility index (Phi) is 1.88. The van der Waals surface area contributed by atoms with Crippen LogP contribution >= 0.6 is 0 Å². The molecule has 1 saturated heterocycles. The molecule has 0 aliphatic carbocycles. The molecule has 0 bridgehead atoms. The number of hydrogen-bond acceptors (Lipinski definition) is 2. The van der Waals surface area contributed by atoms with Crippen molar-refractivity contribution in [1.82, 2.24) is 0 Å². The maximum atomic E-state index is 13.1. The summed E-state index contributed by atoms with van der Waals surface area (Å²) < 4.78 is 18.2. The van der Waals surface area contributed by atoms with Crippen molar-refractivity contribution < 1.29 is 13.9 Å². The predicted octanol–water partition coefficient (Wildman–Crippen LogP) is 1.85. The molecule has 1 aromatic carbocycles. The van der Waals surface area contributed by atoms with Crippen LogP contribution in [0.2, 0.25) is 0 Å². The third-order valence-electron chi connectivity index (χ3n) is 2.10. The minimum atomic E-state index is -0.433. The quantitative estimate of drug-likeness (QED) is 0.650. The Morgan fingerprint density at radius 2 is 2.15 bits per heavy atom. The highest BCUT2D eigenvalue weighted by Crippen LogP contribution is 2.40. The molecule has 0 saturated carbocycles. The van der Waals surface area contributed by atoms with E-state index in [1.54, 1.807) is 18.2 Å².